The molecule has 2 aliphatic rings. The molecule has 2 fully saturated rings. The van der Waals surface area contributed by atoms with Crippen LogP contribution in [-0.4, -0.2) is 51.8 Å². The molecule has 2 saturated heterocycles. The maximum absolute atomic E-state index is 11.3. The number of imidazole rings is 1. The van der Waals surface area contributed by atoms with Crippen LogP contribution in [0.4, 0.5) is 0 Å². The SMILES string of the molecule is C1COC1.Cn1c(CN2CCC(Cc3cccc(COc4ccc(Cl)cc4Cl)c3)CC2)nc2ccc(C(=O)O)cc21. The number of aryl methyl sites for hydroxylation is 1. The lowest BCUT2D eigenvalue weighted by Crippen LogP contribution is -2.34. The minimum atomic E-state index is -0.921. The summed E-state index contributed by atoms with van der Waals surface area (Å²) in [5.41, 5.74) is 4.42. The standard InChI is InChI=1S/C29H29Cl2N3O3.C3H6O/c1-33-26-15-22(29(35)36)5-7-25(26)32-28(33)17-34-11-9-19(10-12-34)13-20-3-2-4-21(14-20)18-37-27-8-6-23(30)16-24(27)31;1-2-4-3-1/h2-8,14-16,19H,9-13,17-18H2,1H3,(H,35,36);1-3H2. The summed E-state index contributed by atoms with van der Waals surface area (Å²) in [7, 11) is 1.96. The Kier molecular flexibility index (Phi) is 9.83. The Balaban J connectivity index is 0.000000777. The summed E-state index contributed by atoms with van der Waals surface area (Å²) in [5.74, 6) is 1.31. The molecular weight excluding hydrogens is 561 g/mol. The molecule has 7 nitrogen and oxygen atoms in total. The Bertz CT molecular complexity index is 1490. The van der Waals surface area contributed by atoms with E-state index in [4.69, 9.17) is 37.7 Å². The number of ether oxygens (including phenoxy) is 2. The van der Waals surface area contributed by atoms with Crippen molar-refractivity contribution in [1.29, 1.82) is 0 Å². The summed E-state index contributed by atoms with van der Waals surface area (Å²) in [6.45, 7) is 5.26. The third-order valence-corrected chi connectivity index (χ3v) is 8.20. The highest BCUT2D eigenvalue weighted by Crippen LogP contribution is 2.29. The summed E-state index contributed by atoms with van der Waals surface area (Å²) in [6, 6.07) is 18.9. The molecule has 0 atom stereocenters. The molecule has 41 heavy (non-hydrogen) atoms. The van der Waals surface area contributed by atoms with Crippen molar-refractivity contribution >= 4 is 40.2 Å². The van der Waals surface area contributed by atoms with E-state index < -0.39 is 5.97 Å². The van der Waals surface area contributed by atoms with E-state index >= 15 is 0 Å². The van der Waals surface area contributed by atoms with Crippen molar-refractivity contribution in [2.75, 3.05) is 26.3 Å². The highest BCUT2D eigenvalue weighted by Gasteiger charge is 2.21. The van der Waals surface area contributed by atoms with Crippen LogP contribution in [0.2, 0.25) is 10.0 Å². The predicted octanol–water partition coefficient (Wildman–Crippen LogP) is 7.02. The van der Waals surface area contributed by atoms with Gasteiger partial charge in [-0.3, -0.25) is 4.90 Å². The number of aromatic carboxylic acids is 1. The first-order valence-electron chi connectivity index (χ1n) is 14.0. The largest absolute Gasteiger partial charge is 0.487 e. The van der Waals surface area contributed by atoms with Gasteiger partial charge in [0.2, 0.25) is 0 Å². The molecule has 2 aliphatic heterocycles. The average molecular weight is 597 g/mol. The van der Waals surface area contributed by atoms with Gasteiger partial charge in [0.05, 0.1) is 28.2 Å². The van der Waals surface area contributed by atoms with Gasteiger partial charge in [-0.25, -0.2) is 9.78 Å². The summed E-state index contributed by atoms with van der Waals surface area (Å²) >= 11 is 12.2. The first-order chi connectivity index (χ1) is 19.9. The first kappa shape index (κ1) is 29.4. The second kappa shape index (κ2) is 13.7. The van der Waals surface area contributed by atoms with Crippen LogP contribution in [-0.2, 0) is 31.4 Å². The molecule has 0 radical (unpaired) electrons. The van der Waals surface area contributed by atoms with Crippen LogP contribution in [0.1, 0.15) is 46.6 Å². The van der Waals surface area contributed by atoms with Crippen LogP contribution >= 0.6 is 23.2 Å². The lowest BCUT2D eigenvalue weighted by atomic mass is 9.89. The number of rotatable bonds is 8. The van der Waals surface area contributed by atoms with Gasteiger partial charge in [-0.2, -0.15) is 0 Å². The Hall–Kier alpha value is -3.10. The van der Waals surface area contributed by atoms with E-state index in [0.717, 1.165) is 74.5 Å². The Labute approximate surface area is 250 Å². The zero-order chi connectivity index (χ0) is 28.8. The molecule has 0 saturated carbocycles. The van der Waals surface area contributed by atoms with Crippen molar-refractivity contribution in [3.05, 3.63) is 93.2 Å². The molecule has 0 amide bonds. The van der Waals surface area contributed by atoms with Crippen molar-refractivity contribution in [2.24, 2.45) is 13.0 Å². The summed E-state index contributed by atoms with van der Waals surface area (Å²) in [6.07, 6.45) is 4.59. The topological polar surface area (TPSA) is 76.8 Å². The number of hydrogen-bond acceptors (Lipinski definition) is 5. The second-order valence-electron chi connectivity index (χ2n) is 10.7. The minimum Gasteiger partial charge on any atom is -0.487 e. The number of likely N-dealkylation sites (tertiary alicyclic amines) is 1. The van der Waals surface area contributed by atoms with Crippen LogP contribution in [0.5, 0.6) is 5.75 Å². The molecule has 3 heterocycles. The average Bonchev–Trinajstić information content (AvgIpc) is 3.23. The molecule has 0 aliphatic carbocycles. The van der Waals surface area contributed by atoms with Gasteiger partial charge in [0.25, 0.3) is 0 Å². The number of benzene rings is 3. The molecule has 0 spiro atoms. The van der Waals surface area contributed by atoms with E-state index in [-0.39, 0.29) is 5.56 Å². The van der Waals surface area contributed by atoms with Crippen LogP contribution in [0, 0.1) is 5.92 Å². The molecule has 9 heteroatoms. The Morgan fingerprint density at radius 2 is 1.78 bits per heavy atom. The van der Waals surface area contributed by atoms with Crippen LogP contribution in [0.25, 0.3) is 11.0 Å². The van der Waals surface area contributed by atoms with Crippen molar-refractivity contribution in [1.82, 2.24) is 14.5 Å². The van der Waals surface area contributed by atoms with Crippen molar-refractivity contribution in [3.8, 4) is 5.75 Å². The molecule has 3 aromatic carbocycles. The van der Waals surface area contributed by atoms with Gasteiger partial charge in [0.15, 0.2) is 0 Å². The third-order valence-electron chi connectivity index (χ3n) is 7.67. The van der Waals surface area contributed by atoms with Gasteiger partial charge < -0.3 is 19.1 Å². The summed E-state index contributed by atoms with van der Waals surface area (Å²) in [5, 5.41) is 10.4. The van der Waals surface area contributed by atoms with Crippen molar-refractivity contribution in [3.63, 3.8) is 0 Å². The highest BCUT2D eigenvalue weighted by molar-refractivity contribution is 6.35. The van der Waals surface area contributed by atoms with Gasteiger partial charge in [-0.15, -0.1) is 0 Å². The predicted molar refractivity (Wildman–Crippen MR) is 162 cm³/mol. The summed E-state index contributed by atoms with van der Waals surface area (Å²) in [4.78, 5) is 18.5. The number of carboxylic acid groups (broad SMARTS) is 1. The number of fused-ring (bicyclic) bond motifs is 1. The minimum absolute atomic E-state index is 0.285. The number of aromatic nitrogens is 2. The zero-order valence-corrected chi connectivity index (χ0v) is 24.7. The molecule has 4 aromatic rings. The molecule has 6 rings (SSSR count). The van der Waals surface area contributed by atoms with E-state index in [1.54, 1.807) is 36.4 Å². The van der Waals surface area contributed by atoms with Crippen LogP contribution in [0.15, 0.2) is 60.7 Å². The Morgan fingerprint density at radius 1 is 1.05 bits per heavy atom. The van der Waals surface area contributed by atoms with Gasteiger partial charge in [0, 0.05) is 25.3 Å². The van der Waals surface area contributed by atoms with E-state index in [9.17, 15) is 9.90 Å². The van der Waals surface area contributed by atoms with Crippen LogP contribution < -0.4 is 4.74 Å². The molecular formula is C32H35Cl2N3O4. The van der Waals surface area contributed by atoms with Gasteiger partial charge >= 0.3 is 5.97 Å². The maximum Gasteiger partial charge on any atom is 0.335 e. The number of carboxylic acids is 1. The smallest absolute Gasteiger partial charge is 0.335 e. The first-order valence-corrected chi connectivity index (χ1v) is 14.8. The van der Waals surface area contributed by atoms with E-state index in [0.29, 0.717) is 28.3 Å². The quantitative estimate of drug-likeness (QED) is 0.236. The lowest BCUT2D eigenvalue weighted by molar-refractivity contribution is 0.0367. The van der Waals surface area contributed by atoms with E-state index in [1.165, 1.54) is 12.0 Å². The normalized spacial score (nSPS) is 15.7. The number of carbonyl (C=O) groups is 1. The maximum atomic E-state index is 11.3. The molecule has 0 unspecified atom stereocenters. The number of hydrogen-bond donors (Lipinski definition) is 1. The monoisotopic (exact) mass is 595 g/mol. The molecule has 0 bridgehead atoms. The van der Waals surface area contributed by atoms with Crippen molar-refractivity contribution in [2.45, 2.75) is 38.8 Å². The highest BCUT2D eigenvalue weighted by atomic mass is 35.5. The zero-order valence-electron chi connectivity index (χ0n) is 23.2. The van der Waals surface area contributed by atoms with Gasteiger partial charge in [-0.05, 0) is 92.2 Å². The lowest BCUT2D eigenvalue weighted by Gasteiger charge is -2.31. The fourth-order valence-electron chi connectivity index (χ4n) is 5.14. The van der Waals surface area contributed by atoms with Gasteiger partial charge in [0.1, 0.15) is 18.2 Å². The second-order valence-corrected chi connectivity index (χ2v) is 11.5. The van der Waals surface area contributed by atoms with Crippen LogP contribution in [0.3, 0.4) is 0 Å². The number of piperidine rings is 1. The fraction of sp³-hybridized carbons (Fsp3) is 0.375. The van der Waals surface area contributed by atoms with Crippen molar-refractivity contribution < 1.29 is 19.4 Å². The van der Waals surface area contributed by atoms with E-state index in [1.807, 2.05) is 11.6 Å². The summed E-state index contributed by atoms with van der Waals surface area (Å²) < 4.78 is 12.6. The molecule has 1 N–H and O–H groups in total. The number of nitrogens with zero attached hydrogens (tertiary/aromatic N) is 3. The fourth-order valence-corrected chi connectivity index (χ4v) is 5.60. The Morgan fingerprint density at radius 3 is 2.46 bits per heavy atom. The molecule has 1 aromatic heterocycles. The van der Waals surface area contributed by atoms with E-state index in [2.05, 4.69) is 29.2 Å². The number of halogens is 2. The van der Waals surface area contributed by atoms with Gasteiger partial charge in [-0.1, -0.05) is 47.5 Å². The third kappa shape index (κ3) is 7.80. The molecule has 216 valence electrons.